The molecule has 1 aliphatic carbocycles. The SMILES string of the molecule is O=C(c1ccc(-c2ccccc2F)cc1)C1CC1. The monoisotopic (exact) mass is 240 g/mol. The lowest BCUT2D eigenvalue weighted by atomic mass is 10.0. The smallest absolute Gasteiger partial charge is 0.165 e. The van der Waals surface area contributed by atoms with Gasteiger partial charge in [-0.25, -0.2) is 4.39 Å². The molecule has 0 saturated heterocycles. The fraction of sp³-hybridized carbons (Fsp3) is 0.188. The lowest BCUT2D eigenvalue weighted by Crippen LogP contribution is -2.00. The Hall–Kier alpha value is -1.96. The quantitative estimate of drug-likeness (QED) is 0.738. The first kappa shape index (κ1) is 11.1. The maximum atomic E-state index is 13.6. The van der Waals surface area contributed by atoms with Crippen LogP contribution in [0.2, 0.25) is 0 Å². The fourth-order valence-corrected chi connectivity index (χ4v) is 2.09. The minimum absolute atomic E-state index is 0.218. The van der Waals surface area contributed by atoms with Gasteiger partial charge in [-0.1, -0.05) is 42.5 Å². The van der Waals surface area contributed by atoms with Crippen molar-refractivity contribution in [1.82, 2.24) is 0 Å². The molecule has 2 aromatic rings. The molecule has 0 aliphatic heterocycles. The van der Waals surface area contributed by atoms with E-state index >= 15 is 0 Å². The van der Waals surface area contributed by atoms with Gasteiger partial charge in [0.1, 0.15) is 5.82 Å². The van der Waals surface area contributed by atoms with Crippen LogP contribution in [0.5, 0.6) is 0 Å². The molecule has 0 atom stereocenters. The molecule has 0 bridgehead atoms. The fourth-order valence-electron chi connectivity index (χ4n) is 2.09. The summed E-state index contributed by atoms with van der Waals surface area (Å²) in [6.07, 6.45) is 2.02. The second-order valence-corrected chi connectivity index (χ2v) is 4.70. The van der Waals surface area contributed by atoms with Crippen molar-refractivity contribution in [1.29, 1.82) is 0 Å². The van der Waals surface area contributed by atoms with E-state index in [4.69, 9.17) is 0 Å². The molecule has 0 unspecified atom stereocenters. The first-order valence-electron chi connectivity index (χ1n) is 6.15. The number of hydrogen-bond donors (Lipinski definition) is 0. The minimum Gasteiger partial charge on any atom is -0.294 e. The molecule has 2 heteroatoms. The average Bonchev–Trinajstić information content (AvgIpc) is 3.23. The lowest BCUT2D eigenvalue weighted by Gasteiger charge is -2.04. The summed E-state index contributed by atoms with van der Waals surface area (Å²) in [6, 6.07) is 13.9. The van der Waals surface area contributed by atoms with Crippen molar-refractivity contribution >= 4 is 5.78 Å². The molecule has 90 valence electrons. The number of carbonyl (C=O) groups excluding carboxylic acids is 1. The Balaban J connectivity index is 1.91. The third-order valence-corrected chi connectivity index (χ3v) is 3.30. The van der Waals surface area contributed by atoms with Crippen LogP contribution in [0.1, 0.15) is 23.2 Å². The van der Waals surface area contributed by atoms with E-state index in [9.17, 15) is 9.18 Å². The highest BCUT2D eigenvalue weighted by Crippen LogP contribution is 2.33. The zero-order valence-corrected chi connectivity index (χ0v) is 9.90. The van der Waals surface area contributed by atoms with Crippen molar-refractivity contribution in [3.63, 3.8) is 0 Å². The highest BCUT2D eigenvalue weighted by atomic mass is 19.1. The molecule has 2 aromatic carbocycles. The maximum absolute atomic E-state index is 13.6. The van der Waals surface area contributed by atoms with E-state index in [1.807, 2.05) is 18.2 Å². The number of halogens is 1. The molecule has 0 heterocycles. The molecule has 0 aromatic heterocycles. The molecule has 0 radical (unpaired) electrons. The number of rotatable bonds is 3. The van der Waals surface area contributed by atoms with E-state index in [0.717, 1.165) is 24.0 Å². The van der Waals surface area contributed by atoms with Crippen molar-refractivity contribution < 1.29 is 9.18 Å². The van der Waals surface area contributed by atoms with Crippen LogP contribution in [0.25, 0.3) is 11.1 Å². The van der Waals surface area contributed by atoms with Crippen molar-refractivity contribution in [3.8, 4) is 11.1 Å². The molecule has 1 aliphatic rings. The Morgan fingerprint density at radius 3 is 2.28 bits per heavy atom. The summed E-state index contributed by atoms with van der Waals surface area (Å²) in [5.74, 6) is 0.207. The Labute approximate surface area is 105 Å². The average molecular weight is 240 g/mol. The van der Waals surface area contributed by atoms with Crippen LogP contribution in [-0.2, 0) is 0 Å². The predicted molar refractivity (Wildman–Crippen MR) is 68.9 cm³/mol. The van der Waals surface area contributed by atoms with Crippen molar-refractivity contribution in [3.05, 3.63) is 59.9 Å². The van der Waals surface area contributed by atoms with E-state index in [1.54, 1.807) is 24.3 Å². The summed E-state index contributed by atoms with van der Waals surface area (Å²) in [4.78, 5) is 11.8. The number of ketones is 1. The Morgan fingerprint density at radius 2 is 1.67 bits per heavy atom. The number of benzene rings is 2. The second-order valence-electron chi connectivity index (χ2n) is 4.70. The first-order valence-corrected chi connectivity index (χ1v) is 6.15. The third-order valence-electron chi connectivity index (χ3n) is 3.30. The Morgan fingerprint density at radius 1 is 1.00 bits per heavy atom. The van der Waals surface area contributed by atoms with Gasteiger partial charge in [-0.15, -0.1) is 0 Å². The summed E-state index contributed by atoms with van der Waals surface area (Å²) in [6.45, 7) is 0. The lowest BCUT2D eigenvalue weighted by molar-refractivity contribution is 0.0967. The molecule has 0 N–H and O–H groups in total. The maximum Gasteiger partial charge on any atom is 0.165 e. The van der Waals surface area contributed by atoms with Gasteiger partial charge in [0.25, 0.3) is 0 Å². The molecule has 1 nitrogen and oxygen atoms in total. The van der Waals surface area contributed by atoms with Gasteiger partial charge in [0.15, 0.2) is 5.78 Å². The molecular weight excluding hydrogens is 227 g/mol. The van der Waals surface area contributed by atoms with Gasteiger partial charge in [-0.05, 0) is 24.5 Å². The molecule has 1 fully saturated rings. The number of Topliss-reactive ketones (excluding diaryl/α,β-unsaturated/α-hetero) is 1. The summed E-state index contributed by atoms with van der Waals surface area (Å²) in [5.41, 5.74) is 2.11. The van der Waals surface area contributed by atoms with E-state index < -0.39 is 0 Å². The Kier molecular flexibility index (Phi) is 2.71. The molecular formula is C16H13FO. The van der Waals surface area contributed by atoms with Gasteiger partial charge < -0.3 is 0 Å². The summed E-state index contributed by atoms with van der Waals surface area (Å²) >= 11 is 0. The zero-order valence-electron chi connectivity index (χ0n) is 9.90. The summed E-state index contributed by atoms with van der Waals surface area (Å²) in [7, 11) is 0. The van der Waals surface area contributed by atoms with Gasteiger partial charge in [0.05, 0.1) is 0 Å². The van der Waals surface area contributed by atoms with Crippen LogP contribution >= 0.6 is 0 Å². The van der Waals surface area contributed by atoms with Gasteiger partial charge in [-0.3, -0.25) is 4.79 Å². The van der Waals surface area contributed by atoms with Crippen molar-refractivity contribution in [2.75, 3.05) is 0 Å². The molecule has 0 spiro atoms. The van der Waals surface area contributed by atoms with Gasteiger partial charge in [-0.2, -0.15) is 0 Å². The van der Waals surface area contributed by atoms with Crippen LogP contribution < -0.4 is 0 Å². The van der Waals surface area contributed by atoms with E-state index in [0.29, 0.717) is 5.56 Å². The molecule has 1 saturated carbocycles. The van der Waals surface area contributed by atoms with Crippen LogP contribution in [0, 0.1) is 11.7 Å². The van der Waals surface area contributed by atoms with Crippen LogP contribution in [0.4, 0.5) is 4.39 Å². The van der Waals surface area contributed by atoms with Gasteiger partial charge in [0, 0.05) is 17.0 Å². The zero-order chi connectivity index (χ0) is 12.5. The highest BCUT2D eigenvalue weighted by Gasteiger charge is 2.30. The van der Waals surface area contributed by atoms with Gasteiger partial charge in [0.2, 0.25) is 0 Å². The topological polar surface area (TPSA) is 17.1 Å². The number of hydrogen-bond acceptors (Lipinski definition) is 1. The molecule has 0 amide bonds. The molecule has 3 rings (SSSR count). The largest absolute Gasteiger partial charge is 0.294 e. The van der Waals surface area contributed by atoms with E-state index in [1.165, 1.54) is 6.07 Å². The normalized spacial score (nSPS) is 14.5. The predicted octanol–water partition coefficient (Wildman–Crippen LogP) is 4.09. The van der Waals surface area contributed by atoms with Crippen molar-refractivity contribution in [2.45, 2.75) is 12.8 Å². The van der Waals surface area contributed by atoms with Gasteiger partial charge >= 0.3 is 0 Å². The van der Waals surface area contributed by atoms with Crippen LogP contribution in [0.3, 0.4) is 0 Å². The molecule has 18 heavy (non-hydrogen) atoms. The summed E-state index contributed by atoms with van der Waals surface area (Å²) < 4.78 is 13.6. The number of carbonyl (C=O) groups is 1. The minimum atomic E-state index is -0.237. The standard InChI is InChI=1S/C16H13FO/c17-15-4-2-1-3-14(15)11-5-7-12(8-6-11)16(18)13-9-10-13/h1-8,13H,9-10H2. The Bertz CT molecular complexity index is 582. The summed E-state index contributed by atoms with van der Waals surface area (Å²) in [5, 5.41) is 0. The van der Waals surface area contributed by atoms with E-state index in [-0.39, 0.29) is 17.5 Å². The van der Waals surface area contributed by atoms with Crippen LogP contribution in [0.15, 0.2) is 48.5 Å². The second kappa shape index (κ2) is 4.37. The first-order chi connectivity index (χ1) is 8.75. The van der Waals surface area contributed by atoms with Crippen molar-refractivity contribution in [2.24, 2.45) is 5.92 Å². The van der Waals surface area contributed by atoms with Crippen LogP contribution in [-0.4, -0.2) is 5.78 Å². The highest BCUT2D eigenvalue weighted by molar-refractivity contribution is 5.99. The van der Waals surface area contributed by atoms with E-state index in [2.05, 4.69) is 0 Å². The third kappa shape index (κ3) is 2.06.